The molecule has 3 rings (SSSR count). The van der Waals surface area contributed by atoms with Crippen molar-refractivity contribution < 1.29 is 0 Å². The first-order valence-corrected chi connectivity index (χ1v) is 6.78. The summed E-state index contributed by atoms with van der Waals surface area (Å²) in [5.74, 6) is 1.94. The van der Waals surface area contributed by atoms with Gasteiger partial charge in [-0.3, -0.25) is 4.68 Å². The number of benzene rings is 1. The zero-order valence-corrected chi connectivity index (χ0v) is 10.6. The van der Waals surface area contributed by atoms with Crippen LogP contribution in [0.1, 0.15) is 12.0 Å². The number of anilines is 1. The monoisotopic (exact) mass is 245 g/mol. The first-order chi connectivity index (χ1) is 8.27. The summed E-state index contributed by atoms with van der Waals surface area (Å²) >= 11 is 1.94. The van der Waals surface area contributed by atoms with Gasteiger partial charge in [-0.2, -0.15) is 5.10 Å². The van der Waals surface area contributed by atoms with Gasteiger partial charge in [0, 0.05) is 23.1 Å². The van der Waals surface area contributed by atoms with E-state index in [4.69, 9.17) is 5.73 Å². The predicted molar refractivity (Wildman–Crippen MR) is 72.1 cm³/mol. The van der Waals surface area contributed by atoms with Crippen LogP contribution in [-0.4, -0.2) is 15.5 Å². The lowest BCUT2D eigenvalue weighted by Crippen LogP contribution is -2.01. The fraction of sp³-hybridized carbons (Fsp3) is 0.308. The quantitative estimate of drug-likeness (QED) is 0.840. The van der Waals surface area contributed by atoms with Crippen molar-refractivity contribution in [1.82, 2.24) is 9.78 Å². The number of hydrogen-bond donors (Lipinski definition) is 1. The molecule has 88 valence electrons. The van der Waals surface area contributed by atoms with Crippen LogP contribution in [0.2, 0.25) is 0 Å². The van der Waals surface area contributed by atoms with Crippen LogP contribution in [0.25, 0.3) is 11.1 Å². The van der Waals surface area contributed by atoms with Gasteiger partial charge in [-0.15, -0.1) is 11.8 Å². The van der Waals surface area contributed by atoms with Gasteiger partial charge in [0.25, 0.3) is 0 Å². The maximum absolute atomic E-state index is 6.06. The molecular formula is C13H15N3S. The minimum atomic E-state index is 0.740. The lowest BCUT2D eigenvalue weighted by molar-refractivity contribution is 0.779. The van der Waals surface area contributed by atoms with E-state index in [2.05, 4.69) is 23.3 Å². The van der Waals surface area contributed by atoms with Gasteiger partial charge in [-0.25, -0.2) is 0 Å². The molecule has 0 unspecified atom stereocenters. The van der Waals surface area contributed by atoms with E-state index in [9.17, 15) is 0 Å². The highest BCUT2D eigenvalue weighted by molar-refractivity contribution is 7.99. The SMILES string of the molecule is Cn1ncc(-c2cccc3c2SCCC3)c1N. The molecule has 0 fully saturated rings. The minimum Gasteiger partial charge on any atom is -0.383 e. The van der Waals surface area contributed by atoms with Crippen molar-refractivity contribution in [3.8, 4) is 11.1 Å². The summed E-state index contributed by atoms with van der Waals surface area (Å²) in [6.45, 7) is 0. The van der Waals surface area contributed by atoms with Crippen LogP contribution in [0.5, 0.6) is 0 Å². The average Bonchev–Trinajstić information content (AvgIpc) is 2.69. The summed E-state index contributed by atoms with van der Waals surface area (Å²) in [6, 6.07) is 6.48. The molecule has 1 aliphatic rings. The summed E-state index contributed by atoms with van der Waals surface area (Å²) in [5.41, 5.74) is 9.79. The Kier molecular flexibility index (Phi) is 2.59. The number of thioether (sulfide) groups is 1. The van der Waals surface area contributed by atoms with Crippen LogP contribution in [0.15, 0.2) is 29.3 Å². The van der Waals surface area contributed by atoms with Crippen molar-refractivity contribution >= 4 is 17.6 Å². The molecule has 3 nitrogen and oxygen atoms in total. The number of aryl methyl sites for hydroxylation is 2. The van der Waals surface area contributed by atoms with Gasteiger partial charge in [0.2, 0.25) is 0 Å². The Morgan fingerprint density at radius 2 is 2.24 bits per heavy atom. The molecule has 0 saturated heterocycles. The van der Waals surface area contributed by atoms with Crippen molar-refractivity contribution in [2.75, 3.05) is 11.5 Å². The molecule has 0 amide bonds. The van der Waals surface area contributed by atoms with Gasteiger partial charge in [-0.05, 0) is 24.2 Å². The largest absolute Gasteiger partial charge is 0.383 e. The highest BCUT2D eigenvalue weighted by atomic mass is 32.2. The predicted octanol–water partition coefficient (Wildman–Crippen LogP) is 2.71. The number of nitrogens with two attached hydrogens (primary N) is 1. The van der Waals surface area contributed by atoms with Crippen molar-refractivity contribution in [3.63, 3.8) is 0 Å². The second kappa shape index (κ2) is 4.11. The maximum atomic E-state index is 6.06. The number of rotatable bonds is 1. The fourth-order valence-electron chi connectivity index (χ4n) is 2.26. The Labute approximate surface area is 105 Å². The van der Waals surface area contributed by atoms with Gasteiger partial charge >= 0.3 is 0 Å². The third kappa shape index (κ3) is 1.72. The zero-order chi connectivity index (χ0) is 11.8. The van der Waals surface area contributed by atoms with E-state index in [0.29, 0.717) is 0 Å². The Morgan fingerprint density at radius 1 is 1.35 bits per heavy atom. The van der Waals surface area contributed by atoms with E-state index >= 15 is 0 Å². The van der Waals surface area contributed by atoms with Crippen LogP contribution in [0, 0.1) is 0 Å². The Hall–Kier alpha value is -1.42. The molecule has 0 bridgehead atoms. The summed E-state index contributed by atoms with van der Waals surface area (Å²) in [5, 5.41) is 4.22. The van der Waals surface area contributed by atoms with E-state index in [0.717, 1.165) is 11.4 Å². The Bertz CT molecular complexity index is 560. The topological polar surface area (TPSA) is 43.8 Å². The molecule has 0 radical (unpaired) electrons. The van der Waals surface area contributed by atoms with Gasteiger partial charge < -0.3 is 5.73 Å². The van der Waals surface area contributed by atoms with Gasteiger partial charge in [-0.1, -0.05) is 18.2 Å². The lowest BCUT2D eigenvalue weighted by atomic mass is 10.0. The standard InChI is InChI=1S/C13H15N3S/c1-16-13(14)11(8-15-16)10-6-2-4-9-5-3-7-17-12(9)10/h2,4,6,8H,3,5,7,14H2,1H3. The van der Waals surface area contributed by atoms with Crippen molar-refractivity contribution in [2.45, 2.75) is 17.7 Å². The van der Waals surface area contributed by atoms with Crippen molar-refractivity contribution in [1.29, 1.82) is 0 Å². The van der Waals surface area contributed by atoms with Crippen LogP contribution in [0.3, 0.4) is 0 Å². The summed E-state index contributed by atoms with van der Waals surface area (Å²) in [6.07, 6.45) is 4.31. The molecule has 4 heteroatoms. The summed E-state index contributed by atoms with van der Waals surface area (Å²) < 4.78 is 1.72. The third-order valence-corrected chi connectivity index (χ3v) is 4.47. The Morgan fingerprint density at radius 3 is 3.00 bits per heavy atom. The van der Waals surface area contributed by atoms with Crippen LogP contribution in [0.4, 0.5) is 5.82 Å². The normalized spacial score (nSPS) is 14.6. The Balaban J connectivity index is 2.18. The van der Waals surface area contributed by atoms with Gasteiger partial charge in [0.1, 0.15) is 5.82 Å². The fourth-order valence-corrected chi connectivity index (χ4v) is 3.44. The van der Waals surface area contributed by atoms with Crippen molar-refractivity contribution in [2.24, 2.45) is 7.05 Å². The molecule has 0 atom stereocenters. The van der Waals surface area contributed by atoms with E-state index in [1.165, 1.54) is 34.6 Å². The van der Waals surface area contributed by atoms with Gasteiger partial charge in [0.15, 0.2) is 0 Å². The third-order valence-electron chi connectivity index (χ3n) is 3.21. The molecule has 1 aliphatic heterocycles. The molecule has 2 N–H and O–H groups in total. The number of aromatic nitrogens is 2. The van der Waals surface area contributed by atoms with E-state index in [1.54, 1.807) is 4.68 Å². The molecule has 1 aromatic carbocycles. The minimum absolute atomic E-state index is 0.740. The molecule has 0 spiro atoms. The number of hydrogen-bond acceptors (Lipinski definition) is 3. The molecule has 0 saturated carbocycles. The molecule has 1 aromatic heterocycles. The van der Waals surface area contributed by atoms with E-state index < -0.39 is 0 Å². The summed E-state index contributed by atoms with van der Waals surface area (Å²) in [7, 11) is 1.88. The molecule has 2 heterocycles. The van der Waals surface area contributed by atoms with E-state index in [1.807, 2.05) is 25.0 Å². The number of fused-ring (bicyclic) bond motifs is 1. The highest BCUT2D eigenvalue weighted by Gasteiger charge is 2.17. The second-order valence-corrected chi connectivity index (χ2v) is 5.42. The average molecular weight is 245 g/mol. The first-order valence-electron chi connectivity index (χ1n) is 5.80. The van der Waals surface area contributed by atoms with Crippen molar-refractivity contribution in [3.05, 3.63) is 30.0 Å². The molecule has 17 heavy (non-hydrogen) atoms. The second-order valence-electron chi connectivity index (χ2n) is 4.31. The van der Waals surface area contributed by atoms with Crippen LogP contribution >= 0.6 is 11.8 Å². The van der Waals surface area contributed by atoms with Crippen LogP contribution in [-0.2, 0) is 13.5 Å². The molecule has 0 aliphatic carbocycles. The number of nitrogen functional groups attached to an aromatic ring is 1. The first kappa shape index (κ1) is 10.7. The van der Waals surface area contributed by atoms with Crippen LogP contribution < -0.4 is 5.73 Å². The van der Waals surface area contributed by atoms with E-state index in [-0.39, 0.29) is 0 Å². The number of nitrogens with zero attached hydrogens (tertiary/aromatic N) is 2. The molecular weight excluding hydrogens is 230 g/mol. The lowest BCUT2D eigenvalue weighted by Gasteiger charge is -2.18. The highest BCUT2D eigenvalue weighted by Crippen LogP contribution is 2.39. The zero-order valence-electron chi connectivity index (χ0n) is 9.81. The smallest absolute Gasteiger partial charge is 0.129 e. The summed E-state index contributed by atoms with van der Waals surface area (Å²) in [4.78, 5) is 1.39. The molecule has 2 aromatic rings. The van der Waals surface area contributed by atoms with Gasteiger partial charge in [0.05, 0.1) is 6.20 Å². The maximum Gasteiger partial charge on any atom is 0.129 e.